The first kappa shape index (κ1) is 53.4. The molecule has 0 bridgehead atoms. The Labute approximate surface area is 448 Å². The normalized spacial score (nSPS) is 16.5. The molecule has 394 valence electrons. The van der Waals surface area contributed by atoms with E-state index in [1.807, 2.05) is 91.0 Å². The lowest BCUT2D eigenvalue weighted by atomic mass is 10.1. The van der Waals surface area contributed by atoms with E-state index in [4.69, 9.17) is 44.9 Å². The second-order valence-electron chi connectivity index (χ2n) is 20.2. The van der Waals surface area contributed by atoms with Gasteiger partial charge in [-0.2, -0.15) is 0 Å². The van der Waals surface area contributed by atoms with Crippen molar-refractivity contribution >= 4 is 79.2 Å². The number of hydrogen-bond acceptors (Lipinski definition) is 12. The minimum absolute atomic E-state index is 0.0716. The maximum Gasteiger partial charge on any atom is 0.261 e. The summed E-state index contributed by atoms with van der Waals surface area (Å²) in [6.45, 7) is 12.4. The topological polar surface area (TPSA) is 135 Å². The standard InChI is InChI=1S/C59H68N6O8S2/c1-8-21-70-23-24-71-22-20-63(19-13-18-56(66)62(5)38-59(3,4)75(7)74)44-27-40(36-72-53-32-49-47(25-39(53)2)57(67)64-45(34-60-49)29-42-14-9-11-16-51(42)64)26-41(28-44)37-73-55-33-50-48(31-54(55)69-6)58(68)65-46(35-61-50)30-43-15-10-12-17-52(43)65/h9-12,14-17,25-28,31-35,45-46H,8,13,18-24,29-30,36-38H2,1-7H3/t45-,46-,75?/m0/s1. The molecule has 0 fully saturated rings. The van der Waals surface area contributed by atoms with Crippen LogP contribution in [0.25, 0.3) is 0 Å². The summed E-state index contributed by atoms with van der Waals surface area (Å²) >= 11 is 5.62. The number of benzene rings is 5. The average Bonchev–Trinajstić information content (AvgIpc) is 3.90. The van der Waals surface area contributed by atoms with E-state index in [1.54, 1.807) is 24.1 Å². The minimum atomic E-state index is -0.278. The van der Waals surface area contributed by atoms with Crippen molar-refractivity contribution in [2.45, 2.75) is 89.8 Å². The van der Waals surface area contributed by atoms with Crippen LogP contribution < -0.4 is 28.9 Å². The van der Waals surface area contributed by atoms with Crippen LogP contribution in [0.1, 0.15) is 88.6 Å². The fourth-order valence-corrected chi connectivity index (χ4v) is 10.7. The molecule has 14 nitrogen and oxygen atoms in total. The highest BCUT2D eigenvalue weighted by atomic mass is 32.8. The molecule has 4 aliphatic rings. The van der Waals surface area contributed by atoms with Crippen LogP contribution in [-0.4, -0.2) is 118 Å². The van der Waals surface area contributed by atoms with E-state index in [0.717, 1.165) is 51.3 Å². The Morgan fingerprint density at radius 1 is 0.747 bits per heavy atom. The number of aryl methyl sites for hydroxylation is 1. The molecular formula is C59H68N6O8S2. The van der Waals surface area contributed by atoms with Gasteiger partial charge in [-0.25, -0.2) is 0 Å². The maximum atomic E-state index is 14.2. The number of anilines is 3. The molecule has 1 unspecified atom stereocenters. The molecule has 0 saturated carbocycles. The Morgan fingerprint density at radius 2 is 1.31 bits per heavy atom. The van der Waals surface area contributed by atoms with E-state index >= 15 is 0 Å². The monoisotopic (exact) mass is 1050 g/mol. The summed E-state index contributed by atoms with van der Waals surface area (Å²) in [4.78, 5) is 59.3. The van der Waals surface area contributed by atoms with Gasteiger partial charge in [0.25, 0.3) is 11.8 Å². The van der Waals surface area contributed by atoms with Gasteiger partial charge in [0.1, 0.15) is 19.0 Å². The molecule has 4 heterocycles. The molecule has 0 spiro atoms. The molecule has 5 aromatic rings. The second kappa shape index (κ2) is 23.6. The van der Waals surface area contributed by atoms with Gasteiger partial charge in [0.2, 0.25) is 5.91 Å². The van der Waals surface area contributed by atoms with Crippen LogP contribution in [0.5, 0.6) is 17.2 Å². The van der Waals surface area contributed by atoms with Gasteiger partial charge in [-0.15, -0.1) is 9.45 Å². The van der Waals surface area contributed by atoms with Gasteiger partial charge in [-0.05, 0) is 110 Å². The van der Waals surface area contributed by atoms with Gasteiger partial charge < -0.3 is 33.5 Å². The zero-order valence-corrected chi connectivity index (χ0v) is 45.8. The summed E-state index contributed by atoms with van der Waals surface area (Å²) in [7, 11) is 3.15. The Balaban J connectivity index is 0.991. The molecule has 3 amide bonds. The van der Waals surface area contributed by atoms with Crippen LogP contribution in [0, 0.1) is 6.92 Å². The van der Waals surface area contributed by atoms with E-state index < -0.39 is 0 Å². The molecule has 0 aliphatic carbocycles. The van der Waals surface area contributed by atoms with Crippen molar-refractivity contribution in [1.82, 2.24) is 4.90 Å². The molecule has 0 saturated heterocycles. The number of methoxy groups -OCH3 is 1. The smallest absolute Gasteiger partial charge is 0.261 e. The summed E-state index contributed by atoms with van der Waals surface area (Å²) in [5.74, 6) is 1.32. The molecule has 75 heavy (non-hydrogen) atoms. The number of para-hydroxylation sites is 2. The van der Waals surface area contributed by atoms with Crippen LogP contribution in [-0.2, 0) is 61.0 Å². The van der Waals surface area contributed by atoms with Crippen LogP contribution in [0.15, 0.2) is 101 Å². The Morgan fingerprint density at radius 3 is 1.89 bits per heavy atom. The summed E-state index contributed by atoms with van der Waals surface area (Å²) < 4.78 is 30.8. The van der Waals surface area contributed by atoms with Crippen molar-refractivity contribution in [3.05, 3.63) is 130 Å². The predicted octanol–water partition coefficient (Wildman–Crippen LogP) is 9.71. The first-order valence-corrected chi connectivity index (χ1v) is 28.4. The molecular weight excluding hydrogens is 985 g/mol. The third kappa shape index (κ3) is 12.0. The van der Waals surface area contributed by atoms with Crippen molar-refractivity contribution in [2.24, 2.45) is 9.98 Å². The molecule has 3 atom stereocenters. The van der Waals surface area contributed by atoms with E-state index in [9.17, 15) is 14.4 Å². The average molecular weight is 1050 g/mol. The number of ether oxygens (including phenoxy) is 5. The maximum absolute atomic E-state index is 14.2. The summed E-state index contributed by atoms with van der Waals surface area (Å²) in [5.41, 5.74) is 9.53. The third-order valence-electron chi connectivity index (χ3n) is 14.3. The molecule has 0 radical (unpaired) electrons. The highest BCUT2D eigenvalue weighted by Crippen LogP contribution is 2.42. The van der Waals surface area contributed by atoms with Crippen LogP contribution in [0.2, 0.25) is 0 Å². The van der Waals surface area contributed by atoms with Crippen molar-refractivity contribution in [1.29, 1.82) is 0 Å². The van der Waals surface area contributed by atoms with Gasteiger partial charge in [-0.1, -0.05) is 54.5 Å². The van der Waals surface area contributed by atoms with Crippen molar-refractivity contribution in [2.75, 3.05) is 81.2 Å². The Bertz CT molecular complexity index is 3030. The summed E-state index contributed by atoms with van der Waals surface area (Å²) in [6.07, 6.45) is 9.06. The van der Waals surface area contributed by atoms with Gasteiger partial charge in [0, 0.05) is 98.9 Å². The third-order valence-corrected chi connectivity index (χ3v) is 17.4. The summed E-state index contributed by atoms with van der Waals surface area (Å²) in [5, 5.41) is 0. The van der Waals surface area contributed by atoms with Gasteiger partial charge in [0.05, 0.1) is 61.5 Å². The number of aliphatic imine (C=N–C) groups is 2. The Kier molecular flexibility index (Phi) is 16.8. The lowest BCUT2D eigenvalue weighted by Crippen LogP contribution is -2.42. The number of amides is 3. The lowest BCUT2D eigenvalue weighted by Gasteiger charge is -2.31. The van der Waals surface area contributed by atoms with E-state index in [2.05, 4.69) is 56.0 Å². The summed E-state index contributed by atoms with van der Waals surface area (Å²) in [6, 6.07) is 29.1. The number of carbonyl (C=O) groups excluding carboxylic acids is 3. The number of rotatable bonds is 23. The van der Waals surface area contributed by atoms with E-state index in [1.165, 1.54) is 0 Å². The van der Waals surface area contributed by atoms with E-state index in [-0.39, 0.29) is 57.2 Å². The van der Waals surface area contributed by atoms with Crippen molar-refractivity contribution < 1.29 is 38.1 Å². The number of fused-ring (bicyclic) bond motifs is 8. The minimum Gasteiger partial charge on any atom is -0.493 e. The molecule has 0 N–H and O–H groups in total. The quantitative estimate of drug-likeness (QED) is 0.0582. The fourth-order valence-electron chi connectivity index (χ4n) is 10.2. The van der Waals surface area contributed by atoms with Gasteiger partial charge in [0.15, 0.2) is 11.5 Å². The molecule has 16 heteroatoms. The van der Waals surface area contributed by atoms with Crippen LogP contribution in [0.3, 0.4) is 0 Å². The zero-order chi connectivity index (χ0) is 52.8. The largest absolute Gasteiger partial charge is 0.493 e. The first-order chi connectivity index (χ1) is 36.2. The predicted molar refractivity (Wildman–Crippen MR) is 303 cm³/mol. The second-order valence-corrected chi connectivity index (χ2v) is 23.7. The number of hydrogen-bond donors (Lipinski definition) is 0. The van der Waals surface area contributed by atoms with Gasteiger partial charge >= 0.3 is 0 Å². The fraction of sp³-hybridized carbons (Fsp3) is 0.407. The van der Waals surface area contributed by atoms with Gasteiger partial charge in [-0.3, -0.25) is 34.2 Å². The lowest BCUT2D eigenvalue weighted by molar-refractivity contribution is -0.130. The highest BCUT2D eigenvalue weighted by Gasteiger charge is 2.38. The molecule has 5 aromatic carbocycles. The SMILES string of the molecule is CCCOCCOCCN(CCCC(=O)N(C)CC(C)(C)S(C)=S)c1cc(COc2cc3c(cc2C)C(=O)N2c4ccccc4C[C@H]2C=N3)cc(COc2cc3c(cc2OC)C(=O)N2c4ccccc4C[C@H]2C=N3)c1. The van der Waals surface area contributed by atoms with Crippen molar-refractivity contribution in [3.63, 3.8) is 0 Å². The molecule has 9 rings (SSSR count). The Hall–Kier alpha value is -6.46. The number of nitrogens with zero attached hydrogens (tertiary/aromatic N) is 6. The molecule has 4 aliphatic heterocycles. The van der Waals surface area contributed by atoms with Crippen molar-refractivity contribution in [3.8, 4) is 17.2 Å². The van der Waals surface area contributed by atoms with Crippen LogP contribution >= 0.6 is 0 Å². The molecule has 0 aromatic heterocycles. The number of carbonyl (C=O) groups is 3. The van der Waals surface area contributed by atoms with Crippen LogP contribution in [0.4, 0.5) is 28.4 Å². The van der Waals surface area contributed by atoms with E-state index in [0.29, 0.717) is 111 Å². The highest BCUT2D eigenvalue weighted by molar-refractivity contribution is 8.29. The first-order valence-electron chi connectivity index (χ1n) is 25.9. The zero-order valence-electron chi connectivity index (χ0n) is 44.1.